The molecule has 0 aliphatic heterocycles. The molecular formula is C11H15NO. The van der Waals surface area contributed by atoms with Gasteiger partial charge in [-0.3, -0.25) is 0 Å². The zero-order valence-corrected chi connectivity index (χ0v) is 7.69. The van der Waals surface area contributed by atoms with Gasteiger partial charge in [0.25, 0.3) is 0 Å². The molecule has 0 saturated carbocycles. The molecule has 0 fully saturated rings. The Balaban J connectivity index is 2.69. The second-order valence-electron chi connectivity index (χ2n) is 2.79. The third-order valence-corrected chi connectivity index (χ3v) is 1.84. The Morgan fingerprint density at radius 3 is 2.54 bits per heavy atom. The number of rotatable bonds is 5. The van der Waals surface area contributed by atoms with E-state index in [4.69, 9.17) is 5.11 Å². The zero-order chi connectivity index (χ0) is 9.52. The number of anilines is 1. The van der Waals surface area contributed by atoms with Crippen LogP contribution in [0.1, 0.15) is 0 Å². The van der Waals surface area contributed by atoms with E-state index in [9.17, 15) is 0 Å². The minimum absolute atomic E-state index is 0.169. The van der Waals surface area contributed by atoms with E-state index in [0.29, 0.717) is 6.54 Å². The largest absolute Gasteiger partial charge is 0.395 e. The molecule has 0 unspecified atom stereocenters. The van der Waals surface area contributed by atoms with Gasteiger partial charge < -0.3 is 10.0 Å². The van der Waals surface area contributed by atoms with Crippen molar-refractivity contribution in [3.63, 3.8) is 0 Å². The predicted molar refractivity (Wildman–Crippen MR) is 55.9 cm³/mol. The van der Waals surface area contributed by atoms with Crippen molar-refractivity contribution in [3.8, 4) is 0 Å². The molecule has 13 heavy (non-hydrogen) atoms. The first-order valence-corrected chi connectivity index (χ1v) is 4.40. The van der Waals surface area contributed by atoms with Crippen LogP contribution in [0.15, 0.2) is 43.0 Å². The highest BCUT2D eigenvalue weighted by atomic mass is 16.3. The summed E-state index contributed by atoms with van der Waals surface area (Å²) >= 11 is 0. The Morgan fingerprint density at radius 1 is 1.31 bits per heavy atom. The lowest BCUT2D eigenvalue weighted by molar-refractivity contribution is 0.303. The van der Waals surface area contributed by atoms with Crippen LogP contribution >= 0.6 is 0 Å². The van der Waals surface area contributed by atoms with E-state index < -0.39 is 0 Å². The van der Waals surface area contributed by atoms with Gasteiger partial charge in [0.2, 0.25) is 0 Å². The monoisotopic (exact) mass is 177 g/mol. The summed E-state index contributed by atoms with van der Waals surface area (Å²) in [6.45, 7) is 5.27. The molecule has 0 bridgehead atoms. The van der Waals surface area contributed by atoms with Gasteiger partial charge in [0.05, 0.1) is 6.61 Å². The third kappa shape index (κ3) is 2.92. The summed E-state index contributed by atoms with van der Waals surface area (Å²) in [6.07, 6.45) is 1.84. The van der Waals surface area contributed by atoms with Crippen LogP contribution in [0.2, 0.25) is 0 Å². The number of hydrogen-bond donors (Lipinski definition) is 1. The normalized spacial score (nSPS) is 9.62. The fourth-order valence-corrected chi connectivity index (χ4v) is 1.24. The van der Waals surface area contributed by atoms with E-state index in [0.717, 1.165) is 12.2 Å². The molecule has 2 heteroatoms. The molecule has 0 spiro atoms. The molecule has 0 saturated heterocycles. The second kappa shape index (κ2) is 5.38. The SMILES string of the molecule is C=CCN(CCO)c1ccccc1. The first-order valence-electron chi connectivity index (χ1n) is 4.40. The molecule has 1 aromatic rings. The van der Waals surface area contributed by atoms with Gasteiger partial charge in [-0.05, 0) is 12.1 Å². The molecule has 0 aromatic heterocycles. The maximum absolute atomic E-state index is 8.85. The maximum atomic E-state index is 8.85. The Kier molecular flexibility index (Phi) is 4.06. The van der Waals surface area contributed by atoms with Gasteiger partial charge in [0, 0.05) is 18.8 Å². The van der Waals surface area contributed by atoms with E-state index >= 15 is 0 Å². The number of hydrogen-bond acceptors (Lipinski definition) is 2. The van der Waals surface area contributed by atoms with Crippen LogP contribution in [-0.2, 0) is 0 Å². The van der Waals surface area contributed by atoms with Crippen molar-refractivity contribution in [2.75, 3.05) is 24.6 Å². The molecule has 0 radical (unpaired) electrons. The van der Waals surface area contributed by atoms with Crippen molar-refractivity contribution in [3.05, 3.63) is 43.0 Å². The summed E-state index contributed by atoms with van der Waals surface area (Å²) in [5, 5.41) is 8.85. The lowest BCUT2D eigenvalue weighted by Crippen LogP contribution is -2.26. The average Bonchev–Trinajstić information content (AvgIpc) is 2.19. The zero-order valence-electron chi connectivity index (χ0n) is 7.69. The van der Waals surface area contributed by atoms with Gasteiger partial charge >= 0.3 is 0 Å². The van der Waals surface area contributed by atoms with Crippen molar-refractivity contribution in [1.82, 2.24) is 0 Å². The highest BCUT2D eigenvalue weighted by Crippen LogP contribution is 2.11. The molecule has 0 atom stereocenters. The van der Waals surface area contributed by atoms with Crippen LogP contribution in [0, 0.1) is 0 Å². The molecule has 0 amide bonds. The quantitative estimate of drug-likeness (QED) is 0.691. The number of nitrogens with zero attached hydrogens (tertiary/aromatic N) is 1. The number of para-hydroxylation sites is 1. The van der Waals surface area contributed by atoms with Gasteiger partial charge in [-0.25, -0.2) is 0 Å². The average molecular weight is 177 g/mol. The molecule has 0 aliphatic rings. The fourth-order valence-electron chi connectivity index (χ4n) is 1.24. The first kappa shape index (κ1) is 9.81. The lowest BCUT2D eigenvalue weighted by Gasteiger charge is -2.21. The second-order valence-corrected chi connectivity index (χ2v) is 2.79. The van der Waals surface area contributed by atoms with Crippen molar-refractivity contribution < 1.29 is 5.11 Å². The van der Waals surface area contributed by atoms with Crippen LogP contribution in [0.25, 0.3) is 0 Å². The number of aliphatic hydroxyl groups excluding tert-OH is 1. The summed E-state index contributed by atoms with van der Waals surface area (Å²) < 4.78 is 0. The molecule has 1 rings (SSSR count). The highest BCUT2D eigenvalue weighted by Gasteiger charge is 2.01. The van der Waals surface area contributed by atoms with Gasteiger partial charge in [-0.2, -0.15) is 0 Å². The topological polar surface area (TPSA) is 23.5 Å². The van der Waals surface area contributed by atoms with Crippen molar-refractivity contribution >= 4 is 5.69 Å². The number of benzene rings is 1. The van der Waals surface area contributed by atoms with Crippen LogP contribution in [-0.4, -0.2) is 24.8 Å². The van der Waals surface area contributed by atoms with E-state index in [1.807, 2.05) is 36.4 Å². The molecule has 0 aliphatic carbocycles. The fraction of sp³-hybridized carbons (Fsp3) is 0.273. The van der Waals surface area contributed by atoms with Gasteiger partial charge in [0.15, 0.2) is 0 Å². The Hall–Kier alpha value is -1.28. The van der Waals surface area contributed by atoms with Crippen LogP contribution in [0.5, 0.6) is 0 Å². The summed E-state index contributed by atoms with van der Waals surface area (Å²) in [4.78, 5) is 2.08. The van der Waals surface area contributed by atoms with E-state index in [-0.39, 0.29) is 6.61 Å². The Morgan fingerprint density at radius 2 is 2.00 bits per heavy atom. The Bertz CT molecular complexity index is 246. The van der Waals surface area contributed by atoms with Gasteiger partial charge in [-0.15, -0.1) is 6.58 Å². The summed E-state index contributed by atoms with van der Waals surface area (Å²) in [5.74, 6) is 0. The minimum Gasteiger partial charge on any atom is -0.395 e. The van der Waals surface area contributed by atoms with E-state index in [1.54, 1.807) is 0 Å². The van der Waals surface area contributed by atoms with Crippen LogP contribution in [0.3, 0.4) is 0 Å². The first-order chi connectivity index (χ1) is 6.38. The number of aliphatic hydroxyl groups is 1. The third-order valence-electron chi connectivity index (χ3n) is 1.84. The standard InChI is InChI=1S/C11H15NO/c1-2-8-12(9-10-13)11-6-4-3-5-7-11/h2-7,13H,1,8-10H2. The van der Waals surface area contributed by atoms with E-state index in [2.05, 4.69) is 11.5 Å². The summed E-state index contributed by atoms with van der Waals surface area (Å²) in [5.41, 5.74) is 1.12. The van der Waals surface area contributed by atoms with Crippen LogP contribution < -0.4 is 4.90 Å². The minimum atomic E-state index is 0.169. The van der Waals surface area contributed by atoms with Gasteiger partial charge in [-0.1, -0.05) is 24.3 Å². The molecule has 0 heterocycles. The van der Waals surface area contributed by atoms with Crippen molar-refractivity contribution in [2.24, 2.45) is 0 Å². The van der Waals surface area contributed by atoms with E-state index in [1.165, 1.54) is 0 Å². The Labute approximate surface area is 79.1 Å². The van der Waals surface area contributed by atoms with Gasteiger partial charge in [0.1, 0.15) is 0 Å². The smallest absolute Gasteiger partial charge is 0.0606 e. The lowest BCUT2D eigenvalue weighted by atomic mass is 10.3. The highest BCUT2D eigenvalue weighted by molar-refractivity contribution is 5.46. The van der Waals surface area contributed by atoms with Crippen molar-refractivity contribution in [1.29, 1.82) is 0 Å². The summed E-state index contributed by atoms with van der Waals surface area (Å²) in [6, 6.07) is 10.0. The maximum Gasteiger partial charge on any atom is 0.0606 e. The molecule has 1 aromatic carbocycles. The van der Waals surface area contributed by atoms with Crippen LogP contribution in [0.4, 0.5) is 5.69 Å². The molecule has 2 nitrogen and oxygen atoms in total. The molecule has 1 N–H and O–H groups in total. The van der Waals surface area contributed by atoms with Crippen molar-refractivity contribution in [2.45, 2.75) is 0 Å². The molecule has 70 valence electrons. The summed E-state index contributed by atoms with van der Waals surface area (Å²) in [7, 11) is 0. The molecular weight excluding hydrogens is 162 g/mol. The predicted octanol–water partition coefficient (Wildman–Crippen LogP) is 1.67.